The number of hydrogen-bond donors (Lipinski definition) is 0. The first-order chi connectivity index (χ1) is 15.2. The maximum absolute atomic E-state index is 14.0. The smallest absolute Gasteiger partial charge is 0.264 e. The van der Waals surface area contributed by atoms with Crippen LogP contribution in [0, 0.1) is 24.6 Å². The highest BCUT2D eigenvalue weighted by molar-refractivity contribution is 7.92. The molecule has 0 spiro atoms. The van der Waals surface area contributed by atoms with Crippen LogP contribution in [0.4, 0.5) is 10.1 Å². The molecule has 1 aromatic heterocycles. The first kappa shape index (κ1) is 22.7. The molecule has 0 atom stereocenters. The largest absolute Gasteiger partial charge is 0.381 e. The number of sulfonamides is 1. The van der Waals surface area contributed by atoms with E-state index >= 15 is 0 Å². The summed E-state index contributed by atoms with van der Waals surface area (Å²) in [5.74, 6) is 0.122. The molecule has 1 saturated heterocycles. The maximum Gasteiger partial charge on any atom is 0.264 e. The van der Waals surface area contributed by atoms with Gasteiger partial charge in [0, 0.05) is 37.9 Å². The zero-order valence-electron chi connectivity index (χ0n) is 18.8. The lowest BCUT2D eigenvalue weighted by atomic mass is 10.0. The van der Waals surface area contributed by atoms with Crippen molar-refractivity contribution in [2.45, 2.75) is 45.1 Å². The fourth-order valence-electron chi connectivity index (χ4n) is 4.14. The number of nitrogens with zero attached hydrogens (tertiary/aromatic N) is 3. The molecule has 0 radical (unpaired) electrons. The van der Waals surface area contributed by atoms with Crippen LogP contribution in [0.25, 0.3) is 10.9 Å². The van der Waals surface area contributed by atoms with Gasteiger partial charge in [-0.3, -0.25) is 8.99 Å². The third-order valence-electron chi connectivity index (χ3n) is 5.87. The van der Waals surface area contributed by atoms with E-state index < -0.39 is 15.8 Å². The summed E-state index contributed by atoms with van der Waals surface area (Å²) >= 11 is 0. The Kier molecular flexibility index (Phi) is 6.53. The number of hydrogen-bond acceptors (Lipinski definition) is 4. The Morgan fingerprint density at radius 1 is 1.19 bits per heavy atom. The fourth-order valence-corrected chi connectivity index (χ4v) is 5.86. The molecule has 0 aliphatic carbocycles. The van der Waals surface area contributed by atoms with Gasteiger partial charge in [-0.2, -0.15) is 5.10 Å². The van der Waals surface area contributed by atoms with E-state index in [1.165, 1.54) is 16.4 Å². The van der Waals surface area contributed by atoms with Crippen LogP contribution in [0.2, 0.25) is 0 Å². The van der Waals surface area contributed by atoms with Crippen molar-refractivity contribution < 1.29 is 17.5 Å². The molecular weight excluding hydrogens is 429 g/mol. The van der Waals surface area contributed by atoms with Gasteiger partial charge in [0.25, 0.3) is 10.0 Å². The molecule has 8 heteroatoms. The highest BCUT2D eigenvalue weighted by Gasteiger charge is 2.28. The predicted molar refractivity (Wildman–Crippen MR) is 124 cm³/mol. The Bertz CT molecular complexity index is 1200. The van der Waals surface area contributed by atoms with Crippen LogP contribution in [0.3, 0.4) is 0 Å². The lowest BCUT2D eigenvalue weighted by Gasteiger charge is -2.27. The number of aromatic nitrogens is 2. The van der Waals surface area contributed by atoms with E-state index in [0.29, 0.717) is 17.2 Å². The molecule has 0 unspecified atom stereocenters. The van der Waals surface area contributed by atoms with Gasteiger partial charge in [-0.05, 0) is 67.5 Å². The summed E-state index contributed by atoms with van der Waals surface area (Å²) in [6.45, 7) is 8.29. The van der Waals surface area contributed by atoms with Crippen LogP contribution in [-0.2, 0) is 21.3 Å². The van der Waals surface area contributed by atoms with Crippen LogP contribution in [0.1, 0.15) is 32.3 Å². The molecule has 4 rings (SSSR count). The maximum atomic E-state index is 14.0. The van der Waals surface area contributed by atoms with E-state index in [2.05, 4.69) is 5.10 Å². The molecule has 1 fully saturated rings. The van der Waals surface area contributed by atoms with Gasteiger partial charge >= 0.3 is 0 Å². The van der Waals surface area contributed by atoms with Gasteiger partial charge in [-0.15, -0.1) is 0 Å². The average Bonchev–Trinajstić information content (AvgIpc) is 3.16. The number of halogens is 1. The summed E-state index contributed by atoms with van der Waals surface area (Å²) in [5, 5.41) is 5.40. The lowest BCUT2D eigenvalue weighted by Crippen LogP contribution is -2.35. The minimum Gasteiger partial charge on any atom is -0.381 e. The number of aryl methyl sites for hydroxylation is 1. The number of rotatable bonds is 7. The normalized spacial score (nSPS) is 15.5. The van der Waals surface area contributed by atoms with Gasteiger partial charge in [0.05, 0.1) is 16.1 Å². The molecule has 3 aromatic rings. The van der Waals surface area contributed by atoms with Crippen molar-refractivity contribution in [3.8, 4) is 0 Å². The van der Waals surface area contributed by atoms with E-state index in [9.17, 15) is 12.8 Å². The van der Waals surface area contributed by atoms with Gasteiger partial charge in [-0.25, -0.2) is 12.8 Å². The first-order valence-corrected chi connectivity index (χ1v) is 12.5. The van der Waals surface area contributed by atoms with Crippen LogP contribution in [0.5, 0.6) is 0 Å². The van der Waals surface area contributed by atoms with E-state index in [-0.39, 0.29) is 17.4 Å². The summed E-state index contributed by atoms with van der Waals surface area (Å²) in [5.41, 5.74) is 1.84. The molecule has 172 valence electrons. The zero-order chi connectivity index (χ0) is 22.9. The summed E-state index contributed by atoms with van der Waals surface area (Å²) in [6, 6.07) is 9.24. The highest BCUT2D eigenvalue weighted by Crippen LogP contribution is 2.30. The molecule has 0 bridgehead atoms. The Balaban J connectivity index is 1.68. The topological polar surface area (TPSA) is 64.4 Å². The highest BCUT2D eigenvalue weighted by atomic mass is 32.2. The van der Waals surface area contributed by atoms with Crippen molar-refractivity contribution in [3.63, 3.8) is 0 Å². The zero-order valence-corrected chi connectivity index (χ0v) is 19.6. The predicted octanol–water partition coefficient (Wildman–Crippen LogP) is 4.76. The molecule has 1 aliphatic heterocycles. The van der Waals surface area contributed by atoms with Crippen molar-refractivity contribution in [1.29, 1.82) is 0 Å². The summed E-state index contributed by atoms with van der Waals surface area (Å²) in [7, 11) is -3.88. The van der Waals surface area contributed by atoms with Crippen LogP contribution in [-0.4, -0.2) is 38.0 Å². The van der Waals surface area contributed by atoms with E-state index in [0.717, 1.165) is 43.5 Å². The lowest BCUT2D eigenvalue weighted by molar-refractivity contribution is 0.0602. The van der Waals surface area contributed by atoms with Crippen LogP contribution >= 0.6 is 0 Å². The molecule has 2 heterocycles. The average molecular weight is 460 g/mol. The van der Waals surface area contributed by atoms with Crippen molar-refractivity contribution in [3.05, 3.63) is 54.0 Å². The second-order valence-electron chi connectivity index (χ2n) is 8.99. The second kappa shape index (κ2) is 9.19. The minimum absolute atomic E-state index is 0.0680. The monoisotopic (exact) mass is 459 g/mol. The standard InChI is InChI=1S/C24H30FN3O3S/c1-17(2)14-28(24-13-21(25)5-4-18(24)3)32(29,30)22-6-7-23-20(12-22)16-27(26-23)15-19-8-10-31-11-9-19/h4-7,12-13,16-17,19H,8-11,14-15H2,1-3H3. The molecule has 2 aromatic carbocycles. The third-order valence-corrected chi connectivity index (χ3v) is 7.64. The molecular formula is C24H30FN3O3S. The molecule has 0 N–H and O–H groups in total. The number of ether oxygens (including phenoxy) is 1. The molecule has 0 amide bonds. The van der Waals surface area contributed by atoms with Crippen molar-refractivity contribution >= 4 is 26.6 Å². The molecule has 32 heavy (non-hydrogen) atoms. The SMILES string of the molecule is Cc1ccc(F)cc1N(CC(C)C)S(=O)(=O)c1ccc2nn(CC3CCOCC3)cc2c1. The molecule has 1 aliphatic rings. The van der Waals surface area contributed by atoms with Gasteiger partial charge in [0.2, 0.25) is 0 Å². The summed E-state index contributed by atoms with van der Waals surface area (Å²) in [6.07, 6.45) is 3.92. The summed E-state index contributed by atoms with van der Waals surface area (Å²) in [4.78, 5) is 0.180. The number of fused-ring (bicyclic) bond motifs is 1. The van der Waals surface area contributed by atoms with Crippen molar-refractivity contribution in [1.82, 2.24) is 9.78 Å². The Morgan fingerprint density at radius 2 is 1.94 bits per heavy atom. The molecule has 6 nitrogen and oxygen atoms in total. The van der Waals surface area contributed by atoms with Crippen molar-refractivity contribution in [2.75, 3.05) is 24.1 Å². The van der Waals surface area contributed by atoms with E-state index in [1.54, 1.807) is 31.2 Å². The van der Waals surface area contributed by atoms with Gasteiger partial charge < -0.3 is 4.74 Å². The van der Waals surface area contributed by atoms with Crippen molar-refractivity contribution in [2.24, 2.45) is 11.8 Å². The summed E-state index contributed by atoms with van der Waals surface area (Å²) < 4.78 is 50.0. The fraction of sp³-hybridized carbons (Fsp3) is 0.458. The second-order valence-corrected chi connectivity index (χ2v) is 10.9. The van der Waals surface area contributed by atoms with Gasteiger partial charge in [-0.1, -0.05) is 19.9 Å². The number of anilines is 1. The quantitative estimate of drug-likeness (QED) is 0.511. The van der Waals surface area contributed by atoms with E-state index in [1.807, 2.05) is 24.7 Å². The first-order valence-electron chi connectivity index (χ1n) is 11.1. The Morgan fingerprint density at radius 3 is 2.66 bits per heavy atom. The van der Waals surface area contributed by atoms with Gasteiger partial charge in [0.1, 0.15) is 5.82 Å². The Labute approximate surface area is 189 Å². The minimum atomic E-state index is -3.88. The third kappa shape index (κ3) is 4.81. The van der Waals surface area contributed by atoms with Crippen LogP contribution < -0.4 is 4.31 Å². The number of benzene rings is 2. The van der Waals surface area contributed by atoms with E-state index in [4.69, 9.17) is 4.74 Å². The molecule has 0 saturated carbocycles. The van der Waals surface area contributed by atoms with Crippen LogP contribution in [0.15, 0.2) is 47.5 Å². The Hall–Kier alpha value is -2.45. The van der Waals surface area contributed by atoms with Gasteiger partial charge in [0.15, 0.2) is 0 Å².